The summed E-state index contributed by atoms with van der Waals surface area (Å²) in [5.74, 6) is 0. The Bertz CT molecular complexity index is 799. The van der Waals surface area contributed by atoms with Gasteiger partial charge in [0, 0.05) is 9.79 Å². The van der Waals surface area contributed by atoms with Crippen LogP contribution in [0.3, 0.4) is 0 Å². The molecule has 1 aliphatic heterocycles. The van der Waals surface area contributed by atoms with Crippen molar-refractivity contribution in [2.24, 2.45) is 0 Å². The normalized spacial score (nSPS) is 14.1. The highest BCUT2D eigenvalue weighted by atomic mass is 33.8. The van der Waals surface area contributed by atoms with E-state index in [1.165, 1.54) is 32.0 Å². The average Bonchev–Trinajstić information content (AvgIpc) is 2.88. The average molecular weight is 389 g/mol. The quantitative estimate of drug-likeness (QED) is 0.406. The monoisotopic (exact) mass is 388 g/mol. The van der Waals surface area contributed by atoms with Crippen molar-refractivity contribution in [3.63, 3.8) is 0 Å². The van der Waals surface area contributed by atoms with Crippen LogP contribution in [0.2, 0.25) is 0 Å². The van der Waals surface area contributed by atoms with Gasteiger partial charge in [0.1, 0.15) is 0 Å². The van der Waals surface area contributed by atoms with E-state index in [2.05, 4.69) is 72.8 Å². The van der Waals surface area contributed by atoms with Gasteiger partial charge in [0.15, 0.2) is 0 Å². The molecule has 0 fully saturated rings. The van der Waals surface area contributed by atoms with E-state index in [0.29, 0.717) is 0 Å². The van der Waals surface area contributed by atoms with Crippen molar-refractivity contribution in [1.82, 2.24) is 0 Å². The van der Waals surface area contributed by atoms with E-state index in [4.69, 9.17) is 0 Å². The second kappa shape index (κ2) is 7.53. The van der Waals surface area contributed by atoms with Crippen LogP contribution in [0, 0.1) is 0 Å². The predicted octanol–water partition coefficient (Wildman–Crippen LogP) is 8.08. The Morgan fingerprint density at radius 1 is 0.478 bits per heavy atom. The molecule has 4 rings (SSSR count). The first-order valence-corrected chi connectivity index (χ1v) is 13.2. The molecular weight excluding hydrogens is 377 g/mol. The van der Waals surface area contributed by atoms with Gasteiger partial charge in [-0.1, -0.05) is 66.7 Å². The molecule has 3 aromatic carbocycles. The summed E-state index contributed by atoms with van der Waals surface area (Å²) in [4.78, 5) is 2.74. The Labute approximate surface area is 155 Å². The highest BCUT2D eigenvalue weighted by molar-refractivity contribution is 9.36. The minimum atomic E-state index is 1.26. The molecule has 0 bridgehead atoms. The third-order valence-electron chi connectivity index (χ3n) is 3.58. The van der Waals surface area contributed by atoms with Gasteiger partial charge >= 0.3 is 0 Å². The molecule has 0 aromatic heterocycles. The van der Waals surface area contributed by atoms with Crippen LogP contribution in [0.25, 0.3) is 22.3 Å². The maximum atomic E-state index is 2.24. The summed E-state index contributed by atoms with van der Waals surface area (Å²) in [5, 5.41) is 0. The fraction of sp³-hybridized carbons (Fsp3) is 0. The molecule has 0 amide bonds. The van der Waals surface area contributed by atoms with Crippen molar-refractivity contribution in [3.8, 4) is 22.3 Å². The van der Waals surface area contributed by atoms with Gasteiger partial charge in [0.05, 0.1) is 0 Å². The Hall–Kier alpha value is -0.590. The van der Waals surface area contributed by atoms with E-state index in [0.717, 1.165) is 0 Å². The molecule has 23 heavy (non-hydrogen) atoms. The second-order valence-electron chi connectivity index (χ2n) is 4.95. The van der Waals surface area contributed by atoms with Gasteiger partial charge in [-0.2, -0.15) is 0 Å². The van der Waals surface area contributed by atoms with Gasteiger partial charge in [-0.25, -0.2) is 0 Å². The molecule has 0 unspecified atom stereocenters. The molecule has 0 atom stereocenters. The van der Waals surface area contributed by atoms with Crippen LogP contribution in [0.4, 0.5) is 0 Å². The summed E-state index contributed by atoms with van der Waals surface area (Å²) in [5.41, 5.74) is 5.14. The summed E-state index contributed by atoms with van der Waals surface area (Å²) in [6.07, 6.45) is 0. The van der Waals surface area contributed by atoms with Gasteiger partial charge in [-0.3, -0.25) is 0 Å². The predicted molar refractivity (Wildman–Crippen MR) is 112 cm³/mol. The zero-order valence-electron chi connectivity index (χ0n) is 12.0. The lowest BCUT2D eigenvalue weighted by atomic mass is 10.0. The first kappa shape index (κ1) is 15.9. The summed E-state index contributed by atoms with van der Waals surface area (Å²) in [6.45, 7) is 0. The maximum absolute atomic E-state index is 2.24. The van der Waals surface area contributed by atoms with E-state index >= 15 is 0 Å². The lowest BCUT2D eigenvalue weighted by molar-refractivity contribution is 1.27. The third-order valence-corrected chi connectivity index (χ3v) is 12.1. The van der Waals surface area contributed by atoms with Crippen LogP contribution in [0.1, 0.15) is 0 Å². The van der Waals surface area contributed by atoms with Crippen molar-refractivity contribution < 1.29 is 0 Å². The van der Waals surface area contributed by atoms with E-state index in [9.17, 15) is 0 Å². The van der Waals surface area contributed by atoms with Gasteiger partial charge in [-0.05, 0) is 79.4 Å². The molecule has 1 heterocycles. The molecule has 114 valence electrons. The lowest BCUT2D eigenvalue weighted by Crippen LogP contribution is -1.84. The van der Waals surface area contributed by atoms with E-state index in [1.807, 2.05) is 51.1 Å². The SMILES string of the molecule is c1ccc(-c2ccc(-c3cccc4c3SSSSS4)cc2)cc1. The molecule has 0 nitrogen and oxygen atoms in total. The van der Waals surface area contributed by atoms with E-state index in [-0.39, 0.29) is 0 Å². The Balaban J connectivity index is 1.72. The van der Waals surface area contributed by atoms with E-state index < -0.39 is 0 Å². The van der Waals surface area contributed by atoms with Crippen molar-refractivity contribution in [2.75, 3.05) is 0 Å². The number of fused-ring (bicyclic) bond motifs is 1. The number of hydrogen-bond donors (Lipinski definition) is 0. The minimum absolute atomic E-state index is 1.26. The van der Waals surface area contributed by atoms with Crippen LogP contribution >= 0.6 is 51.1 Å². The molecule has 1 aliphatic rings. The smallest absolute Gasteiger partial charge is 0.0414 e. The largest absolute Gasteiger partial charge is 0.0622 e. The first-order valence-electron chi connectivity index (χ1n) is 7.05. The maximum Gasteiger partial charge on any atom is 0.0414 e. The highest BCUT2D eigenvalue weighted by Gasteiger charge is 2.15. The highest BCUT2D eigenvalue weighted by Crippen LogP contribution is 2.60. The van der Waals surface area contributed by atoms with Crippen molar-refractivity contribution in [3.05, 3.63) is 72.8 Å². The van der Waals surface area contributed by atoms with Crippen molar-refractivity contribution in [2.45, 2.75) is 9.79 Å². The number of benzene rings is 3. The molecule has 3 aromatic rings. The van der Waals surface area contributed by atoms with E-state index in [1.54, 1.807) is 0 Å². The standard InChI is InChI=1S/C18H12S5/c1-2-5-13(6-3-1)14-9-11-15(12-10-14)16-7-4-8-17-18(16)20-22-23-21-19-17/h1-12H. The fourth-order valence-electron chi connectivity index (χ4n) is 2.48. The summed E-state index contributed by atoms with van der Waals surface area (Å²) >= 11 is 0. The van der Waals surface area contributed by atoms with Crippen LogP contribution in [0.5, 0.6) is 0 Å². The van der Waals surface area contributed by atoms with Crippen LogP contribution < -0.4 is 0 Å². The molecule has 0 spiro atoms. The summed E-state index contributed by atoms with van der Waals surface area (Å²) in [7, 11) is 9.24. The molecular formula is C18H12S5. The Morgan fingerprint density at radius 3 is 2.00 bits per heavy atom. The molecule has 0 saturated carbocycles. The minimum Gasteiger partial charge on any atom is -0.0622 e. The van der Waals surface area contributed by atoms with Crippen molar-refractivity contribution >= 4 is 51.1 Å². The first-order chi connectivity index (χ1) is 11.4. The molecule has 5 heteroatoms. The van der Waals surface area contributed by atoms with Gasteiger partial charge in [0.25, 0.3) is 0 Å². The van der Waals surface area contributed by atoms with Gasteiger partial charge in [-0.15, -0.1) is 0 Å². The topological polar surface area (TPSA) is 0 Å². The molecule has 0 aliphatic carbocycles. The zero-order valence-corrected chi connectivity index (χ0v) is 16.1. The second-order valence-corrected chi connectivity index (χ2v) is 12.4. The zero-order chi connectivity index (χ0) is 15.5. The summed E-state index contributed by atoms with van der Waals surface area (Å²) < 4.78 is 0. The Morgan fingerprint density at radius 2 is 1.17 bits per heavy atom. The van der Waals surface area contributed by atoms with Crippen LogP contribution in [-0.4, -0.2) is 0 Å². The lowest BCUT2D eigenvalue weighted by Gasteiger charge is -2.11. The third kappa shape index (κ3) is 3.59. The molecule has 0 N–H and O–H groups in total. The molecule has 0 radical (unpaired) electrons. The van der Waals surface area contributed by atoms with Crippen LogP contribution in [-0.2, 0) is 0 Å². The van der Waals surface area contributed by atoms with Gasteiger partial charge in [0.2, 0.25) is 0 Å². The fourth-order valence-corrected chi connectivity index (χ4v) is 11.5. The van der Waals surface area contributed by atoms with Crippen LogP contribution in [0.15, 0.2) is 82.6 Å². The Kier molecular flexibility index (Phi) is 5.21. The summed E-state index contributed by atoms with van der Waals surface area (Å²) in [6, 6.07) is 26.0. The number of hydrogen-bond acceptors (Lipinski definition) is 5. The van der Waals surface area contributed by atoms with Crippen molar-refractivity contribution in [1.29, 1.82) is 0 Å². The van der Waals surface area contributed by atoms with Gasteiger partial charge < -0.3 is 0 Å². The number of rotatable bonds is 2. The molecule has 0 saturated heterocycles.